The molecule has 0 aliphatic heterocycles. The summed E-state index contributed by atoms with van der Waals surface area (Å²) in [6, 6.07) is 10.3. The molecule has 0 atom stereocenters. The van der Waals surface area contributed by atoms with Crippen LogP contribution in [0.2, 0.25) is 5.02 Å². The van der Waals surface area contributed by atoms with Crippen LogP contribution in [0.4, 0.5) is 10.1 Å². The van der Waals surface area contributed by atoms with Crippen molar-refractivity contribution in [3.63, 3.8) is 0 Å². The van der Waals surface area contributed by atoms with Crippen molar-refractivity contribution in [3.05, 3.63) is 64.8 Å². The Morgan fingerprint density at radius 1 is 1.29 bits per heavy atom. The van der Waals surface area contributed by atoms with Crippen LogP contribution in [0.3, 0.4) is 0 Å². The van der Waals surface area contributed by atoms with Crippen molar-refractivity contribution in [3.8, 4) is 11.4 Å². The maximum atomic E-state index is 13.0. The lowest BCUT2D eigenvalue weighted by Crippen LogP contribution is -2.08. The number of benzene rings is 2. The third-order valence-electron chi connectivity index (χ3n) is 3.11. The summed E-state index contributed by atoms with van der Waals surface area (Å²) in [6.45, 7) is -0.233. The maximum Gasteiger partial charge on any atom is 0.340 e. The lowest BCUT2D eigenvalue weighted by Gasteiger charge is -2.04. The fourth-order valence-electron chi connectivity index (χ4n) is 1.98. The van der Waals surface area contributed by atoms with E-state index in [0.29, 0.717) is 16.4 Å². The summed E-state index contributed by atoms with van der Waals surface area (Å²) < 4.78 is 23.0. The lowest BCUT2D eigenvalue weighted by molar-refractivity contribution is 0.0431. The molecule has 3 rings (SSSR count). The van der Waals surface area contributed by atoms with Gasteiger partial charge in [-0.3, -0.25) is 0 Å². The van der Waals surface area contributed by atoms with Crippen molar-refractivity contribution in [2.45, 2.75) is 6.61 Å². The molecule has 24 heavy (non-hydrogen) atoms. The first kappa shape index (κ1) is 15.9. The Morgan fingerprint density at radius 2 is 2.12 bits per heavy atom. The lowest BCUT2D eigenvalue weighted by atomic mass is 10.2. The van der Waals surface area contributed by atoms with Gasteiger partial charge in [-0.2, -0.15) is 4.98 Å². The molecule has 0 saturated carbocycles. The standard InChI is InChI=1S/C16H11ClFN3O3/c17-10-3-1-2-9(6-10)15-20-14(24-21-15)8-23-16(22)12-5-4-11(18)7-13(12)19/h1-7H,8,19H2. The fraction of sp³-hybridized carbons (Fsp3) is 0.0625. The van der Waals surface area contributed by atoms with Crippen molar-refractivity contribution in [1.29, 1.82) is 0 Å². The minimum atomic E-state index is -0.713. The number of ether oxygens (including phenoxy) is 1. The molecule has 1 aromatic heterocycles. The van der Waals surface area contributed by atoms with Gasteiger partial charge < -0.3 is 15.0 Å². The number of hydrogen-bond acceptors (Lipinski definition) is 6. The van der Waals surface area contributed by atoms with Gasteiger partial charge in [-0.25, -0.2) is 9.18 Å². The van der Waals surface area contributed by atoms with Crippen LogP contribution in [0.25, 0.3) is 11.4 Å². The summed E-state index contributed by atoms with van der Waals surface area (Å²) in [5.74, 6) is -0.814. The molecule has 2 N–H and O–H groups in total. The number of esters is 1. The number of carbonyl (C=O) groups excluding carboxylic acids is 1. The summed E-state index contributed by atoms with van der Waals surface area (Å²) >= 11 is 5.90. The first-order chi connectivity index (χ1) is 11.5. The zero-order valence-corrected chi connectivity index (χ0v) is 13.0. The number of aromatic nitrogens is 2. The molecule has 0 unspecified atom stereocenters. The molecule has 3 aromatic rings. The minimum absolute atomic E-state index is 0.00912. The van der Waals surface area contributed by atoms with Gasteiger partial charge in [0.2, 0.25) is 5.82 Å². The molecule has 8 heteroatoms. The predicted octanol–water partition coefficient (Wildman–Crippen LogP) is 3.47. The van der Waals surface area contributed by atoms with Crippen LogP contribution in [0, 0.1) is 5.82 Å². The van der Waals surface area contributed by atoms with E-state index < -0.39 is 11.8 Å². The van der Waals surface area contributed by atoms with Gasteiger partial charge >= 0.3 is 5.97 Å². The van der Waals surface area contributed by atoms with E-state index in [1.54, 1.807) is 24.3 Å². The fourth-order valence-corrected chi connectivity index (χ4v) is 2.17. The average Bonchev–Trinajstić information content (AvgIpc) is 3.01. The highest BCUT2D eigenvalue weighted by molar-refractivity contribution is 6.30. The van der Waals surface area contributed by atoms with E-state index in [1.807, 2.05) is 0 Å². The SMILES string of the molecule is Nc1cc(F)ccc1C(=O)OCc1nc(-c2cccc(Cl)c2)no1. The zero-order valence-electron chi connectivity index (χ0n) is 12.2. The summed E-state index contributed by atoms with van der Waals surface area (Å²) in [6.07, 6.45) is 0. The number of nitrogens with two attached hydrogens (primary N) is 1. The maximum absolute atomic E-state index is 13.0. The van der Waals surface area contributed by atoms with Gasteiger partial charge in [0.15, 0.2) is 6.61 Å². The Labute approximate surface area is 141 Å². The Balaban J connectivity index is 1.68. The molecule has 0 amide bonds. The van der Waals surface area contributed by atoms with Gasteiger partial charge in [-0.15, -0.1) is 0 Å². The minimum Gasteiger partial charge on any atom is -0.452 e. The second kappa shape index (κ2) is 6.67. The topological polar surface area (TPSA) is 91.2 Å². The number of halogens is 2. The summed E-state index contributed by atoms with van der Waals surface area (Å²) in [4.78, 5) is 16.1. The second-order valence-electron chi connectivity index (χ2n) is 4.83. The largest absolute Gasteiger partial charge is 0.452 e. The van der Waals surface area contributed by atoms with Crippen LogP contribution in [0.5, 0.6) is 0 Å². The molecule has 0 aliphatic rings. The summed E-state index contributed by atoms with van der Waals surface area (Å²) in [7, 11) is 0. The number of rotatable bonds is 4. The Kier molecular flexibility index (Phi) is 4.43. The highest BCUT2D eigenvalue weighted by atomic mass is 35.5. The van der Waals surface area contributed by atoms with Gasteiger partial charge in [0.05, 0.1) is 5.56 Å². The van der Waals surface area contributed by atoms with Crippen LogP contribution < -0.4 is 5.73 Å². The average molecular weight is 348 g/mol. The molecule has 0 bridgehead atoms. The van der Waals surface area contributed by atoms with E-state index in [1.165, 1.54) is 6.07 Å². The van der Waals surface area contributed by atoms with Crippen molar-refractivity contribution < 1.29 is 18.4 Å². The van der Waals surface area contributed by atoms with Crippen LogP contribution in [0.1, 0.15) is 16.2 Å². The summed E-state index contributed by atoms with van der Waals surface area (Å²) in [5, 5.41) is 4.34. The van der Waals surface area contributed by atoms with Crippen LogP contribution >= 0.6 is 11.6 Å². The normalized spacial score (nSPS) is 10.6. The van der Waals surface area contributed by atoms with Crippen LogP contribution in [-0.4, -0.2) is 16.1 Å². The highest BCUT2D eigenvalue weighted by Gasteiger charge is 2.15. The number of nitrogens with zero attached hydrogens (tertiary/aromatic N) is 2. The Bertz CT molecular complexity index is 898. The van der Waals surface area contributed by atoms with Gasteiger partial charge in [0.25, 0.3) is 5.89 Å². The van der Waals surface area contributed by atoms with E-state index in [0.717, 1.165) is 12.1 Å². The monoisotopic (exact) mass is 347 g/mol. The molecule has 0 radical (unpaired) electrons. The number of nitrogen functional groups attached to an aromatic ring is 1. The smallest absolute Gasteiger partial charge is 0.340 e. The van der Waals surface area contributed by atoms with Crippen LogP contribution in [0.15, 0.2) is 47.0 Å². The number of anilines is 1. The second-order valence-corrected chi connectivity index (χ2v) is 5.27. The number of carbonyl (C=O) groups is 1. The third kappa shape index (κ3) is 3.52. The van der Waals surface area contributed by atoms with E-state index >= 15 is 0 Å². The quantitative estimate of drug-likeness (QED) is 0.574. The Hall–Kier alpha value is -2.93. The van der Waals surface area contributed by atoms with Gasteiger partial charge in [-0.05, 0) is 30.3 Å². The predicted molar refractivity (Wildman–Crippen MR) is 84.7 cm³/mol. The molecule has 0 spiro atoms. The highest BCUT2D eigenvalue weighted by Crippen LogP contribution is 2.20. The zero-order chi connectivity index (χ0) is 17.1. The van der Waals surface area contributed by atoms with Crippen molar-refractivity contribution in [2.24, 2.45) is 0 Å². The van der Waals surface area contributed by atoms with E-state index in [-0.39, 0.29) is 23.7 Å². The molecule has 122 valence electrons. The molecule has 2 aromatic carbocycles. The number of hydrogen-bond donors (Lipinski definition) is 1. The summed E-state index contributed by atoms with van der Waals surface area (Å²) in [5.41, 5.74) is 6.31. The molecule has 6 nitrogen and oxygen atoms in total. The van der Waals surface area contributed by atoms with Crippen LogP contribution in [-0.2, 0) is 11.3 Å². The molecular formula is C16H11ClFN3O3. The van der Waals surface area contributed by atoms with Gasteiger partial charge in [0, 0.05) is 16.3 Å². The van der Waals surface area contributed by atoms with Crippen molar-refractivity contribution in [1.82, 2.24) is 10.1 Å². The van der Waals surface area contributed by atoms with E-state index in [4.69, 9.17) is 26.6 Å². The third-order valence-corrected chi connectivity index (χ3v) is 3.35. The first-order valence-electron chi connectivity index (χ1n) is 6.83. The molecular weight excluding hydrogens is 337 g/mol. The van der Waals surface area contributed by atoms with Gasteiger partial charge in [0.1, 0.15) is 5.82 Å². The molecule has 0 saturated heterocycles. The first-order valence-corrected chi connectivity index (χ1v) is 7.21. The molecule has 0 aliphatic carbocycles. The van der Waals surface area contributed by atoms with Crippen molar-refractivity contribution >= 4 is 23.3 Å². The van der Waals surface area contributed by atoms with E-state index in [9.17, 15) is 9.18 Å². The van der Waals surface area contributed by atoms with Gasteiger partial charge in [-0.1, -0.05) is 28.9 Å². The van der Waals surface area contributed by atoms with E-state index in [2.05, 4.69) is 10.1 Å². The Morgan fingerprint density at radius 3 is 2.88 bits per heavy atom. The molecule has 0 fully saturated rings. The molecule has 1 heterocycles. The van der Waals surface area contributed by atoms with Crippen molar-refractivity contribution in [2.75, 3.05) is 5.73 Å².